The van der Waals surface area contributed by atoms with Crippen molar-refractivity contribution in [3.8, 4) is 0 Å². The predicted octanol–water partition coefficient (Wildman–Crippen LogP) is 5.84. The molecule has 0 unspecified atom stereocenters. The molecule has 0 aliphatic rings. The van der Waals surface area contributed by atoms with E-state index in [0.29, 0.717) is 13.2 Å². The molecule has 0 saturated heterocycles. The van der Waals surface area contributed by atoms with Crippen LogP contribution in [-0.2, 0) is 9.96 Å². The van der Waals surface area contributed by atoms with E-state index < -0.39 is 13.9 Å². The Morgan fingerprint density at radius 3 is 1.77 bits per heavy atom. The van der Waals surface area contributed by atoms with Gasteiger partial charge >= 0.3 is 0 Å². The van der Waals surface area contributed by atoms with Crippen molar-refractivity contribution in [3.05, 3.63) is 131 Å². The highest BCUT2D eigenvalue weighted by Crippen LogP contribution is 2.37. The normalized spacial score (nSPS) is 13.2. The second kappa shape index (κ2) is 11.9. The van der Waals surface area contributed by atoms with Gasteiger partial charge in [-0.15, -0.1) is 0 Å². The van der Waals surface area contributed by atoms with Crippen LogP contribution in [0.4, 0.5) is 0 Å². The number of hydrogen-bond acceptors (Lipinski definition) is 3. The maximum Gasteiger partial charge on any atom is 0.261 e. The summed E-state index contributed by atoms with van der Waals surface area (Å²) in [6, 6.07) is 37.7. The molecule has 3 nitrogen and oxygen atoms in total. The van der Waals surface area contributed by atoms with E-state index in [-0.39, 0.29) is 10.9 Å². The fourth-order valence-electron chi connectivity index (χ4n) is 5.75. The van der Waals surface area contributed by atoms with Gasteiger partial charge in [-0.25, -0.2) is 0 Å². The van der Waals surface area contributed by atoms with Gasteiger partial charge in [0.15, 0.2) is 5.88 Å². The van der Waals surface area contributed by atoms with Crippen LogP contribution in [-0.4, -0.2) is 31.5 Å². The summed E-state index contributed by atoms with van der Waals surface area (Å²) in [5.74, 6) is 0.216. The zero-order chi connectivity index (χ0) is 29.0. The summed E-state index contributed by atoms with van der Waals surface area (Å²) in [5, 5.41) is 15.8. The summed E-state index contributed by atoms with van der Waals surface area (Å²) in [6.45, 7) is 18.4. The summed E-state index contributed by atoms with van der Waals surface area (Å²) in [5.41, 5.74) is 1.69. The van der Waals surface area contributed by atoms with E-state index in [1.54, 1.807) is 0 Å². The van der Waals surface area contributed by atoms with E-state index in [1.165, 1.54) is 10.4 Å². The second-order valence-electron chi connectivity index (χ2n) is 12.1. The van der Waals surface area contributed by atoms with Crippen molar-refractivity contribution in [1.82, 2.24) is 4.90 Å². The van der Waals surface area contributed by atoms with Crippen LogP contribution in [0.3, 0.4) is 0 Å². The van der Waals surface area contributed by atoms with E-state index in [2.05, 4.69) is 119 Å². The Kier molecular flexibility index (Phi) is 8.72. The van der Waals surface area contributed by atoms with Crippen LogP contribution in [0.25, 0.3) is 12.5 Å². The number of aryl methyl sites for hydroxylation is 1. The number of rotatable bonds is 9. The van der Waals surface area contributed by atoms with Crippen molar-refractivity contribution in [3.63, 3.8) is 0 Å². The van der Waals surface area contributed by atoms with Crippen LogP contribution in [0.1, 0.15) is 45.7 Å². The van der Waals surface area contributed by atoms with Crippen molar-refractivity contribution in [2.45, 2.75) is 52.1 Å². The van der Waals surface area contributed by atoms with E-state index >= 15 is 0 Å². The van der Waals surface area contributed by atoms with Gasteiger partial charge in [-0.2, -0.15) is 0 Å². The molecule has 0 saturated carbocycles. The fraction of sp³-hybridized carbons (Fsp3) is 0.278. The molecule has 0 spiro atoms. The molecule has 0 radical (unpaired) electrons. The number of benzene rings is 4. The van der Waals surface area contributed by atoms with Gasteiger partial charge in [-0.3, -0.25) is 0 Å². The SMILES string of the molecule is C=c1ccc(C)c/c1=C(/O)N(CCO[Si](c1ccccc1)(c1ccccc1)C(C)(C)C)C(C)(C)c1ccccc1. The van der Waals surface area contributed by atoms with Gasteiger partial charge in [0.1, 0.15) is 0 Å². The maximum atomic E-state index is 11.9. The minimum atomic E-state index is -2.72. The Labute approximate surface area is 241 Å². The molecule has 0 aliphatic heterocycles. The molecule has 1 N–H and O–H groups in total. The molecule has 4 aromatic carbocycles. The Bertz CT molecular complexity index is 1470. The molecule has 0 aromatic heterocycles. The monoisotopic (exact) mass is 549 g/mol. The first-order chi connectivity index (χ1) is 19.0. The van der Waals surface area contributed by atoms with Gasteiger partial charge in [0.2, 0.25) is 0 Å². The zero-order valence-corrected chi connectivity index (χ0v) is 25.8. The number of hydrogen-bond donors (Lipinski definition) is 1. The van der Waals surface area contributed by atoms with Gasteiger partial charge in [0.05, 0.1) is 12.1 Å². The van der Waals surface area contributed by atoms with Gasteiger partial charge in [-0.1, -0.05) is 136 Å². The van der Waals surface area contributed by atoms with E-state index in [1.807, 2.05) is 43.3 Å². The highest BCUT2D eigenvalue weighted by molar-refractivity contribution is 6.99. The van der Waals surface area contributed by atoms with Gasteiger partial charge < -0.3 is 14.4 Å². The lowest BCUT2D eigenvalue weighted by molar-refractivity contribution is 0.122. The molecule has 0 heterocycles. The summed E-state index contributed by atoms with van der Waals surface area (Å²) in [7, 11) is -2.72. The van der Waals surface area contributed by atoms with Crippen LogP contribution in [0, 0.1) is 6.92 Å². The Morgan fingerprint density at radius 2 is 1.27 bits per heavy atom. The predicted molar refractivity (Wildman–Crippen MR) is 172 cm³/mol. The summed E-state index contributed by atoms with van der Waals surface area (Å²) >= 11 is 0. The molecular formula is C36H43NO2Si. The Balaban J connectivity index is 1.81. The van der Waals surface area contributed by atoms with Crippen molar-refractivity contribution in [2.24, 2.45) is 0 Å². The topological polar surface area (TPSA) is 32.7 Å². The lowest BCUT2D eigenvalue weighted by Crippen LogP contribution is -2.67. The lowest BCUT2D eigenvalue weighted by atomic mass is 9.92. The molecule has 4 aromatic rings. The molecule has 40 heavy (non-hydrogen) atoms. The first kappa shape index (κ1) is 29.4. The average Bonchev–Trinajstić information content (AvgIpc) is 2.95. The number of aliphatic hydroxyl groups is 1. The van der Waals surface area contributed by atoms with Crippen LogP contribution < -0.4 is 20.8 Å². The second-order valence-corrected chi connectivity index (χ2v) is 16.4. The van der Waals surface area contributed by atoms with E-state index in [0.717, 1.165) is 21.6 Å². The van der Waals surface area contributed by atoms with Crippen LogP contribution in [0.5, 0.6) is 0 Å². The maximum absolute atomic E-state index is 11.9. The highest BCUT2D eigenvalue weighted by Gasteiger charge is 2.50. The summed E-state index contributed by atoms with van der Waals surface area (Å²) < 4.78 is 7.23. The third-order valence-corrected chi connectivity index (χ3v) is 13.0. The van der Waals surface area contributed by atoms with Crippen LogP contribution in [0.2, 0.25) is 5.04 Å². The molecule has 0 bridgehead atoms. The summed E-state index contributed by atoms with van der Waals surface area (Å²) in [4.78, 5) is 2.07. The number of aliphatic hydroxyl groups excluding tert-OH is 1. The van der Waals surface area contributed by atoms with Crippen LogP contribution >= 0.6 is 0 Å². The van der Waals surface area contributed by atoms with Crippen LogP contribution in [0.15, 0.2) is 109 Å². The van der Waals surface area contributed by atoms with Gasteiger partial charge in [-0.05, 0) is 53.0 Å². The largest absolute Gasteiger partial charge is 0.494 e. The van der Waals surface area contributed by atoms with E-state index in [4.69, 9.17) is 4.43 Å². The molecular weight excluding hydrogens is 506 g/mol. The van der Waals surface area contributed by atoms with Crippen molar-refractivity contribution < 1.29 is 9.53 Å². The number of nitrogens with zero attached hydrogens (tertiary/aromatic N) is 1. The molecule has 4 heteroatoms. The Morgan fingerprint density at radius 1 is 0.775 bits per heavy atom. The van der Waals surface area contributed by atoms with E-state index in [9.17, 15) is 5.11 Å². The van der Waals surface area contributed by atoms with Crippen molar-refractivity contribution >= 4 is 31.2 Å². The van der Waals surface area contributed by atoms with Crippen molar-refractivity contribution in [1.29, 1.82) is 0 Å². The minimum absolute atomic E-state index is 0.127. The van der Waals surface area contributed by atoms with Gasteiger partial charge in [0, 0.05) is 11.8 Å². The first-order valence-electron chi connectivity index (χ1n) is 14.1. The molecule has 4 rings (SSSR count). The molecule has 0 aliphatic carbocycles. The Hall–Kier alpha value is -3.60. The fourth-order valence-corrected chi connectivity index (χ4v) is 10.3. The molecule has 0 atom stereocenters. The third-order valence-electron chi connectivity index (χ3n) is 7.97. The zero-order valence-electron chi connectivity index (χ0n) is 24.8. The summed E-state index contributed by atoms with van der Waals surface area (Å²) in [6.07, 6.45) is 0. The quantitative estimate of drug-likeness (QED) is 0.266. The molecule has 208 valence electrons. The first-order valence-corrected chi connectivity index (χ1v) is 16.0. The lowest BCUT2D eigenvalue weighted by Gasteiger charge is -2.45. The highest BCUT2D eigenvalue weighted by atomic mass is 28.4. The smallest absolute Gasteiger partial charge is 0.261 e. The average molecular weight is 550 g/mol. The third kappa shape index (κ3) is 5.79. The van der Waals surface area contributed by atoms with Crippen molar-refractivity contribution in [2.75, 3.05) is 13.2 Å². The standard InChI is InChI=1S/C36H43NO2Si/c1-28-23-24-29(2)33(27-28)34(38)37(36(6,7)30-17-11-8-12-18-30)25-26-39-40(35(3,4)5,31-19-13-9-14-20-31)32-21-15-10-16-22-32/h8-24,27,38H,2,25-26H2,1,3-7H3/b34-33-. The minimum Gasteiger partial charge on any atom is -0.494 e. The molecule has 0 amide bonds. The molecule has 0 fully saturated rings. The van der Waals surface area contributed by atoms with Gasteiger partial charge in [0.25, 0.3) is 8.32 Å².